The fourth-order valence-electron chi connectivity index (χ4n) is 2.16. The van der Waals surface area contributed by atoms with E-state index in [0.717, 1.165) is 5.56 Å². The van der Waals surface area contributed by atoms with E-state index in [-0.39, 0.29) is 18.1 Å². The van der Waals surface area contributed by atoms with Crippen molar-refractivity contribution in [3.63, 3.8) is 0 Å². The molecule has 2 aromatic rings. The Hall–Kier alpha value is -1.62. The molecule has 3 nitrogen and oxygen atoms in total. The number of hydrogen-bond acceptors (Lipinski definition) is 2. The van der Waals surface area contributed by atoms with Crippen LogP contribution in [0.2, 0.25) is 10.0 Å². The highest BCUT2D eigenvalue weighted by Crippen LogP contribution is 2.19. The highest BCUT2D eigenvalue weighted by atomic mass is 35.5. The Balaban J connectivity index is 1.98. The van der Waals surface area contributed by atoms with Gasteiger partial charge in [0, 0.05) is 16.6 Å². The quantitative estimate of drug-likeness (QED) is 0.822. The summed E-state index contributed by atoms with van der Waals surface area (Å²) in [6.07, 6.45) is 0. The molecule has 0 bridgehead atoms. The second-order valence-corrected chi connectivity index (χ2v) is 5.98. The zero-order valence-corrected chi connectivity index (χ0v) is 14.2. The fourth-order valence-corrected chi connectivity index (χ4v) is 2.54. The SMILES string of the molecule is CCN(CC(=O)Nc1cc(Cl)ccc1F)Cc1cccc(Cl)c1. The normalized spacial score (nSPS) is 10.8. The number of halogens is 3. The van der Waals surface area contributed by atoms with Gasteiger partial charge in [0.05, 0.1) is 12.2 Å². The number of benzene rings is 2. The first-order valence-corrected chi connectivity index (χ1v) is 7.95. The van der Waals surface area contributed by atoms with E-state index >= 15 is 0 Å². The van der Waals surface area contributed by atoms with Crippen molar-refractivity contribution in [1.82, 2.24) is 4.90 Å². The monoisotopic (exact) mass is 354 g/mol. The Morgan fingerprint density at radius 1 is 1.17 bits per heavy atom. The molecule has 0 saturated carbocycles. The smallest absolute Gasteiger partial charge is 0.238 e. The summed E-state index contributed by atoms with van der Waals surface area (Å²) in [6, 6.07) is 11.5. The van der Waals surface area contributed by atoms with Gasteiger partial charge >= 0.3 is 0 Å². The molecular weight excluding hydrogens is 338 g/mol. The van der Waals surface area contributed by atoms with E-state index in [1.54, 1.807) is 6.07 Å². The largest absolute Gasteiger partial charge is 0.322 e. The maximum absolute atomic E-state index is 13.6. The van der Waals surface area contributed by atoms with Crippen LogP contribution in [0.1, 0.15) is 12.5 Å². The molecule has 0 aliphatic heterocycles. The van der Waals surface area contributed by atoms with E-state index < -0.39 is 5.82 Å². The van der Waals surface area contributed by atoms with E-state index in [0.29, 0.717) is 23.1 Å². The first-order chi connectivity index (χ1) is 11.0. The molecule has 0 atom stereocenters. The molecule has 2 rings (SSSR count). The summed E-state index contributed by atoms with van der Waals surface area (Å²) in [7, 11) is 0. The number of anilines is 1. The lowest BCUT2D eigenvalue weighted by Crippen LogP contribution is -2.33. The predicted molar refractivity (Wildman–Crippen MR) is 92.4 cm³/mol. The van der Waals surface area contributed by atoms with Gasteiger partial charge in [0.15, 0.2) is 0 Å². The highest BCUT2D eigenvalue weighted by molar-refractivity contribution is 6.31. The molecule has 0 aliphatic carbocycles. The Kier molecular flexibility index (Phi) is 6.39. The Morgan fingerprint density at radius 3 is 2.61 bits per heavy atom. The zero-order valence-electron chi connectivity index (χ0n) is 12.7. The van der Waals surface area contributed by atoms with Crippen LogP contribution in [0.3, 0.4) is 0 Å². The van der Waals surface area contributed by atoms with Gasteiger partial charge in [-0.15, -0.1) is 0 Å². The zero-order chi connectivity index (χ0) is 16.8. The molecule has 122 valence electrons. The number of nitrogens with zero attached hydrogens (tertiary/aromatic N) is 1. The van der Waals surface area contributed by atoms with E-state index in [4.69, 9.17) is 23.2 Å². The fraction of sp³-hybridized carbons (Fsp3) is 0.235. The number of amides is 1. The summed E-state index contributed by atoms with van der Waals surface area (Å²) in [5.74, 6) is -0.810. The summed E-state index contributed by atoms with van der Waals surface area (Å²) in [6.45, 7) is 3.37. The van der Waals surface area contributed by atoms with E-state index in [9.17, 15) is 9.18 Å². The summed E-state index contributed by atoms with van der Waals surface area (Å²) < 4.78 is 13.6. The van der Waals surface area contributed by atoms with Crippen LogP contribution >= 0.6 is 23.2 Å². The maximum atomic E-state index is 13.6. The third-order valence-electron chi connectivity index (χ3n) is 3.31. The molecule has 0 fully saturated rings. The second kappa shape index (κ2) is 8.29. The average molecular weight is 355 g/mol. The molecule has 0 unspecified atom stereocenters. The van der Waals surface area contributed by atoms with E-state index in [1.165, 1.54) is 18.2 Å². The lowest BCUT2D eigenvalue weighted by atomic mass is 10.2. The van der Waals surface area contributed by atoms with Gasteiger partial charge in [0.2, 0.25) is 5.91 Å². The van der Waals surface area contributed by atoms with Crippen LogP contribution in [0.4, 0.5) is 10.1 Å². The summed E-state index contributed by atoms with van der Waals surface area (Å²) in [5.41, 5.74) is 1.10. The third kappa shape index (κ3) is 5.50. The maximum Gasteiger partial charge on any atom is 0.238 e. The molecule has 2 aromatic carbocycles. The third-order valence-corrected chi connectivity index (χ3v) is 3.78. The van der Waals surface area contributed by atoms with Gasteiger partial charge in [-0.1, -0.05) is 42.3 Å². The van der Waals surface area contributed by atoms with Crippen molar-refractivity contribution in [2.24, 2.45) is 0 Å². The number of carbonyl (C=O) groups is 1. The average Bonchev–Trinajstić information content (AvgIpc) is 2.50. The van der Waals surface area contributed by atoms with Crippen molar-refractivity contribution in [2.75, 3.05) is 18.4 Å². The minimum absolute atomic E-state index is 0.0845. The van der Waals surface area contributed by atoms with Crippen molar-refractivity contribution in [3.8, 4) is 0 Å². The molecule has 0 radical (unpaired) electrons. The van der Waals surface area contributed by atoms with Crippen LogP contribution in [-0.4, -0.2) is 23.9 Å². The number of nitrogens with one attached hydrogen (secondary N) is 1. The van der Waals surface area contributed by atoms with Crippen LogP contribution in [-0.2, 0) is 11.3 Å². The van der Waals surface area contributed by atoms with Crippen LogP contribution in [0.25, 0.3) is 0 Å². The van der Waals surface area contributed by atoms with Crippen LogP contribution in [0.15, 0.2) is 42.5 Å². The van der Waals surface area contributed by atoms with Gasteiger partial charge in [-0.2, -0.15) is 0 Å². The Morgan fingerprint density at radius 2 is 1.91 bits per heavy atom. The van der Waals surface area contributed by atoms with Crippen molar-refractivity contribution < 1.29 is 9.18 Å². The number of rotatable bonds is 6. The van der Waals surface area contributed by atoms with Crippen molar-refractivity contribution in [2.45, 2.75) is 13.5 Å². The van der Waals surface area contributed by atoms with Crippen molar-refractivity contribution in [1.29, 1.82) is 0 Å². The van der Waals surface area contributed by atoms with Gasteiger partial charge < -0.3 is 5.32 Å². The highest BCUT2D eigenvalue weighted by Gasteiger charge is 2.12. The molecule has 0 spiro atoms. The lowest BCUT2D eigenvalue weighted by molar-refractivity contribution is -0.117. The Labute approximate surface area is 145 Å². The second-order valence-electron chi connectivity index (χ2n) is 5.11. The molecule has 1 N–H and O–H groups in total. The van der Waals surface area contributed by atoms with Crippen LogP contribution in [0, 0.1) is 5.82 Å². The lowest BCUT2D eigenvalue weighted by Gasteiger charge is -2.20. The topological polar surface area (TPSA) is 32.3 Å². The number of likely N-dealkylation sites (N-methyl/N-ethyl adjacent to an activating group) is 1. The summed E-state index contributed by atoms with van der Waals surface area (Å²) in [5, 5.41) is 3.57. The van der Waals surface area contributed by atoms with Gasteiger partial charge in [-0.25, -0.2) is 4.39 Å². The minimum atomic E-state index is -0.513. The van der Waals surface area contributed by atoms with Gasteiger partial charge in [0.1, 0.15) is 5.82 Å². The van der Waals surface area contributed by atoms with Gasteiger partial charge in [-0.05, 0) is 42.4 Å². The molecule has 0 saturated heterocycles. The molecule has 6 heteroatoms. The van der Waals surface area contributed by atoms with Crippen molar-refractivity contribution in [3.05, 3.63) is 63.9 Å². The van der Waals surface area contributed by atoms with Gasteiger partial charge in [-0.3, -0.25) is 9.69 Å². The molecule has 0 aromatic heterocycles. The first-order valence-electron chi connectivity index (χ1n) is 7.19. The van der Waals surface area contributed by atoms with Crippen LogP contribution < -0.4 is 5.32 Å². The Bertz CT molecular complexity index is 694. The number of carbonyl (C=O) groups excluding carboxylic acids is 1. The van der Waals surface area contributed by atoms with Crippen LogP contribution in [0.5, 0.6) is 0 Å². The standard InChI is InChI=1S/C17H17Cl2FN2O/c1-2-22(10-12-4-3-5-13(18)8-12)11-17(23)21-16-9-14(19)6-7-15(16)20/h3-9H,2,10-11H2,1H3,(H,21,23). The number of hydrogen-bond donors (Lipinski definition) is 1. The molecule has 0 heterocycles. The molecular formula is C17H17Cl2FN2O. The summed E-state index contributed by atoms with van der Waals surface area (Å²) in [4.78, 5) is 14.0. The first kappa shape index (κ1) is 17.7. The predicted octanol–water partition coefficient (Wildman–Crippen LogP) is 4.59. The van der Waals surface area contributed by atoms with E-state index in [1.807, 2.05) is 30.0 Å². The molecule has 23 heavy (non-hydrogen) atoms. The molecule has 1 amide bonds. The summed E-state index contributed by atoms with van der Waals surface area (Å²) >= 11 is 11.8. The molecule has 0 aliphatic rings. The van der Waals surface area contributed by atoms with Gasteiger partial charge in [0.25, 0.3) is 0 Å². The van der Waals surface area contributed by atoms with Crippen molar-refractivity contribution >= 4 is 34.8 Å². The minimum Gasteiger partial charge on any atom is -0.322 e. The van der Waals surface area contributed by atoms with E-state index in [2.05, 4.69) is 5.32 Å².